The van der Waals surface area contributed by atoms with Crippen LogP contribution >= 0.6 is 11.8 Å². The fourth-order valence-electron chi connectivity index (χ4n) is 1.59. The molecule has 0 aliphatic carbocycles. The van der Waals surface area contributed by atoms with Crippen molar-refractivity contribution in [1.82, 2.24) is 4.90 Å². The second kappa shape index (κ2) is 6.10. The molecule has 0 aromatic rings. The van der Waals surface area contributed by atoms with E-state index in [0.29, 0.717) is 11.8 Å². The van der Waals surface area contributed by atoms with Gasteiger partial charge in [0.1, 0.15) is 13.2 Å². The number of nitrogens with zero attached hydrogens (tertiary/aromatic N) is 1. The Kier molecular flexibility index (Phi) is 5.08. The lowest BCUT2D eigenvalue weighted by atomic mass is 10.2. The topological polar surface area (TPSA) is 66.8 Å². The number of carbonyl (C=O) groups excluding carboxylic acids is 1. The first-order valence-corrected chi connectivity index (χ1v) is 6.28. The van der Waals surface area contributed by atoms with Crippen LogP contribution in [-0.2, 0) is 14.3 Å². The number of thioether (sulfide) groups is 1. The molecule has 1 aliphatic rings. The molecule has 92 valence electrons. The number of amides is 1. The average molecular weight is 247 g/mol. The van der Waals surface area contributed by atoms with E-state index in [1.54, 1.807) is 4.90 Å². The first-order chi connectivity index (χ1) is 7.52. The Hall–Kier alpha value is -0.750. The Morgan fingerprint density at radius 3 is 2.75 bits per heavy atom. The van der Waals surface area contributed by atoms with Crippen molar-refractivity contribution in [3.63, 3.8) is 0 Å². The lowest BCUT2D eigenvalue weighted by Crippen LogP contribution is -2.49. The lowest BCUT2D eigenvalue weighted by Gasteiger charge is -2.37. The molecule has 0 radical (unpaired) electrons. The summed E-state index contributed by atoms with van der Waals surface area (Å²) in [5.74, 6) is -0.250. The molecule has 1 saturated heterocycles. The monoisotopic (exact) mass is 247 g/mol. The van der Waals surface area contributed by atoms with Crippen molar-refractivity contribution in [1.29, 1.82) is 0 Å². The third-order valence-electron chi connectivity index (χ3n) is 2.66. The molecule has 1 aliphatic heterocycles. The molecule has 2 atom stereocenters. The summed E-state index contributed by atoms with van der Waals surface area (Å²) < 4.78 is 4.80. The van der Waals surface area contributed by atoms with E-state index in [2.05, 4.69) is 6.92 Å². The number of carbonyl (C=O) groups is 2. The standard InChI is InChI=1S/C10H17NO4S/c1-7-8(2)16-4-3-11(7)9(12)5-15-6-10(13)14/h7-8H,3-6H2,1-2H3,(H,13,14). The fraction of sp³-hybridized carbons (Fsp3) is 0.800. The zero-order valence-corrected chi connectivity index (χ0v) is 10.3. The Morgan fingerprint density at radius 1 is 1.44 bits per heavy atom. The van der Waals surface area contributed by atoms with E-state index >= 15 is 0 Å². The second-order valence-corrected chi connectivity index (χ2v) is 5.28. The quantitative estimate of drug-likeness (QED) is 0.781. The molecule has 1 N–H and O–H groups in total. The average Bonchev–Trinajstić information content (AvgIpc) is 2.21. The van der Waals surface area contributed by atoms with E-state index in [4.69, 9.17) is 9.84 Å². The van der Waals surface area contributed by atoms with Gasteiger partial charge in [-0.2, -0.15) is 11.8 Å². The van der Waals surface area contributed by atoms with Gasteiger partial charge in [-0.05, 0) is 6.92 Å². The van der Waals surface area contributed by atoms with Crippen LogP contribution < -0.4 is 0 Å². The smallest absolute Gasteiger partial charge is 0.329 e. The molecule has 16 heavy (non-hydrogen) atoms. The predicted octanol–water partition coefficient (Wildman–Crippen LogP) is 0.440. The minimum Gasteiger partial charge on any atom is -0.480 e. The van der Waals surface area contributed by atoms with E-state index in [1.165, 1.54) is 0 Å². The number of hydrogen-bond donors (Lipinski definition) is 1. The molecule has 0 spiro atoms. The van der Waals surface area contributed by atoms with Gasteiger partial charge in [0.05, 0.1) is 0 Å². The summed E-state index contributed by atoms with van der Waals surface area (Å²) in [6, 6.07) is 0.180. The summed E-state index contributed by atoms with van der Waals surface area (Å²) in [6.45, 7) is 4.25. The van der Waals surface area contributed by atoms with E-state index in [9.17, 15) is 9.59 Å². The van der Waals surface area contributed by atoms with E-state index in [1.807, 2.05) is 18.7 Å². The number of carboxylic acid groups (broad SMARTS) is 1. The largest absolute Gasteiger partial charge is 0.480 e. The van der Waals surface area contributed by atoms with Crippen LogP contribution in [0.15, 0.2) is 0 Å². The third kappa shape index (κ3) is 3.68. The van der Waals surface area contributed by atoms with Gasteiger partial charge in [-0.15, -0.1) is 0 Å². The highest BCUT2D eigenvalue weighted by Crippen LogP contribution is 2.24. The maximum atomic E-state index is 11.7. The summed E-state index contributed by atoms with van der Waals surface area (Å²) in [5, 5.41) is 8.79. The third-order valence-corrected chi connectivity index (χ3v) is 3.99. The SMILES string of the molecule is CC1SCCN(C(=O)COCC(=O)O)C1C. The summed E-state index contributed by atoms with van der Waals surface area (Å²) in [7, 11) is 0. The lowest BCUT2D eigenvalue weighted by molar-refractivity contribution is -0.146. The Bertz CT molecular complexity index is 272. The summed E-state index contributed by atoms with van der Waals surface area (Å²) >= 11 is 1.85. The van der Waals surface area contributed by atoms with Crippen LogP contribution in [0.25, 0.3) is 0 Å². The van der Waals surface area contributed by atoms with Crippen LogP contribution in [0, 0.1) is 0 Å². The van der Waals surface area contributed by atoms with Crippen LogP contribution in [0.3, 0.4) is 0 Å². The Labute approximate surface area is 99.1 Å². The van der Waals surface area contributed by atoms with Crippen molar-refractivity contribution in [3.05, 3.63) is 0 Å². The zero-order chi connectivity index (χ0) is 12.1. The van der Waals surface area contributed by atoms with Gasteiger partial charge in [-0.1, -0.05) is 6.92 Å². The molecule has 0 aromatic heterocycles. The van der Waals surface area contributed by atoms with E-state index in [0.717, 1.165) is 5.75 Å². The van der Waals surface area contributed by atoms with Crippen LogP contribution in [0.1, 0.15) is 13.8 Å². The summed E-state index contributed by atoms with van der Waals surface area (Å²) in [4.78, 5) is 23.7. The molecule has 1 amide bonds. The highest BCUT2D eigenvalue weighted by atomic mass is 32.2. The molecule has 1 rings (SSSR count). The van der Waals surface area contributed by atoms with Gasteiger partial charge in [-0.3, -0.25) is 4.79 Å². The first-order valence-electron chi connectivity index (χ1n) is 5.23. The molecule has 5 nitrogen and oxygen atoms in total. The normalized spacial score (nSPS) is 25.5. The second-order valence-electron chi connectivity index (χ2n) is 3.79. The first kappa shape index (κ1) is 13.3. The van der Waals surface area contributed by atoms with Gasteiger partial charge >= 0.3 is 5.97 Å². The van der Waals surface area contributed by atoms with Gasteiger partial charge in [-0.25, -0.2) is 4.79 Å². The molecule has 1 fully saturated rings. The van der Waals surface area contributed by atoms with Crippen molar-refractivity contribution in [2.75, 3.05) is 25.5 Å². The van der Waals surface area contributed by atoms with Crippen molar-refractivity contribution in [2.45, 2.75) is 25.1 Å². The minimum atomic E-state index is -1.05. The van der Waals surface area contributed by atoms with E-state index in [-0.39, 0.29) is 18.6 Å². The Balaban J connectivity index is 2.37. The van der Waals surface area contributed by atoms with Crippen LogP contribution in [0.4, 0.5) is 0 Å². The molecule has 0 saturated carbocycles. The van der Waals surface area contributed by atoms with Gasteiger partial charge in [0, 0.05) is 23.6 Å². The summed E-state index contributed by atoms with van der Waals surface area (Å²) in [5.41, 5.74) is 0. The number of rotatable bonds is 4. The number of carboxylic acids is 1. The van der Waals surface area contributed by atoms with Crippen molar-refractivity contribution in [2.24, 2.45) is 0 Å². The fourth-order valence-corrected chi connectivity index (χ4v) is 2.69. The molecule has 1 heterocycles. The molecular formula is C10H17NO4S. The number of ether oxygens (including phenoxy) is 1. The molecular weight excluding hydrogens is 230 g/mol. The van der Waals surface area contributed by atoms with Crippen LogP contribution in [-0.4, -0.2) is 58.7 Å². The Morgan fingerprint density at radius 2 is 2.12 bits per heavy atom. The van der Waals surface area contributed by atoms with Gasteiger partial charge in [0.15, 0.2) is 0 Å². The molecule has 0 bridgehead atoms. The maximum absolute atomic E-state index is 11.7. The van der Waals surface area contributed by atoms with Gasteiger partial charge in [0.2, 0.25) is 5.91 Å². The van der Waals surface area contributed by atoms with Gasteiger partial charge in [0.25, 0.3) is 0 Å². The van der Waals surface area contributed by atoms with Crippen molar-refractivity contribution >= 4 is 23.6 Å². The summed E-state index contributed by atoms with van der Waals surface area (Å²) in [6.07, 6.45) is 0. The van der Waals surface area contributed by atoms with E-state index < -0.39 is 12.6 Å². The molecule has 0 aromatic carbocycles. The zero-order valence-electron chi connectivity index (χ0n) is 9.51. The maximum Gasteiger partial charge on any atom is 0.329 e. The highest BCUT2D eigenvalue weighted by molar-refractivity contribution is 8.00. The van der Waals surface area contributed by atoms with Crippen LogP contribution in [0.5, 0.6) is 0 Å². The van der Waals surface area contributed by atoms with Gasteiger partial charge < -0.3 is 14.7 Å². The van der Waals surface area contributed by atoms with Crippen molar-refractivity contribution < 1.29 is 19.4 Å². The molecule has 6 heteroatoms. The van der Waals surface area contributed by atoms with Crippen LogP contribution in [0.2, 0.25) is 0 Å². The number of aliphatic carboxylic acids is 1. The predicted molar refractivity (Wildman–Crippen MR) is 61.5 cm³/mol. The van der Waals surface area contributed by atoms with Crippen molar-refractivity contribution in [3.8, 4) is 0 Å². The molecule has 2 unspecified atom stereocenters. The minimum absolute atomic E-state index is 0.124. The highest BCUT2D eigenvalue weighted by Gasteiger charge is 2.28. The number of hydrogen-bond acceptors (Lipinski definition) is 4.